The molecule has 0 aliphatic heterocycles. The Morgan fingerprint density at radius 2 is 1.39 bits per heavy atom. The molecular weight excluding hydrogens is 430 g/mol. The Kier molecular flexibility index (Phi) is 7.43. The molecule has 0 amide bonds. The number of benzene rings is 4. The van der Waals surface area contributed by atoms with Crippen LogP contribution in [0.5, 0.6) is 5.75 Å². The molecule has 1 N–H and O–H groups in total. The summed E-state index contributed by atoms with van der Waals surface area (Å²) in [5.41, 5.74) is 4.88. The maximum atomic E-state index is 13.5. The minimum absolute atomic E-state index is 0.00255. The van der Waals surface area contributed by atoms with Crippen molar-refractivity contribution in [2.24, 2.45) is 0 Å². The van der Waals surface area contributed by atoms with E-state index in [1.54, 1.807) is 19.2 Å². The van der Waals surface area contributed by atoms with Gasteiger partial charge in [-0.3, -0.25) is 4.79 Å². The number of halogens is 1. The summed E-state index contributed by atoms with van der Waals surface area (Å²) in [6.07, 6.45) is 1.91. The van der Waals surface area contributed by atoms with Crippen molar-refractivity contribution in [2.45, 2.75) is 18.9 Å². The van der Waals surface area contributed by atoms with Gasteiger partial charge in [0.15, 0.2) is 5.78 Å². The van der Waals surface area contributed by atoms with Gasteiger partial charge in [0.2, 0.25) is 0 Å². The van der Waals surface area contributed by atoms with Crippen LogP contribution in [0.1, 0.15) is 33.1 Å². The average Bonchev–Trinajstić information content (AvgIpc) is 2.87. The third-order valence-electron chi connectivity index (χ3n) is 5.65. The number of anilines is 1. The van der Waals surface area contributed by atoms with Gasteiger partial charge in [0, 0.05) is 16.3 Å². The SMILES string of the molecule is COc1ccc(N[C@H](C(=O)c2ccc(CCc3ccccc3)cc2)c2ccc(Cl)cc2)cc1. The van der Waals surface area contributed by atoms with Gasteiger partial charge in [0.1, 0.15) is 11.8 Å². The molecule has 0 radical (unpaired) electrons. The predicted molar refractivity (Wildman–Crippen MR) is 135 cm³/mol. The van der Waals surface area contributed by atoms with Gasteiger partial charge in [-0.1, -0.05) is 78.3 Å². The van der Waals surface area contributed by atoms with Crippen LogP contribution in [0.3, 0.4) is 0 Å². The lowest BCUT2D eigenvalue weighted by molar-refractivity contribution is 0.0969. The monoisotopic (exact) mass is 455 g/mol. The molecule has 4 aromatic rings. The van der Waals surface area contributed by atoms with Gasteiger partial charge in [-0.2, -0.15) is 0 Å². The van der Waals surface area contributed by atoms with Gasteiger partial charge < -0.3 is 10.1 Å². The molecule has 1 atom stereocenters. The standard InChI is InChI=1S/C29H26ClNO2/c1-33-27-19-17-26(18-20-27)31-28(23-13-15-25(30)16-14-23)29(32)24-11-9-22(10-12-24)8-7-21-5-3-2-4-6-21/h2-6,9-20,28,31H,7-8H2,1H3/t28-/m0/s1. The fourth-order valence-electron chi connectivity index (χ4n) is 3.75. The number of carbonyl (C=O) groups is 1. The number of rotatable bonds is 9. The quantitative estimate of drug-likeness (QED) is 0.272. The fourth-order valence-corrected chi connectivity index (χ4v) is 3.87. The molecule has 0 bridgehead atoms. The first-order valence-corrected chi connectivity index (χ1v) is 11.3. The van der Waals surface area contributed by atoms with E-state index in [1.165, 1.54) is 11.1 Å². The molecule has 3 nitrogen and oxygen atoms in total. The molecule has 0 saturated heterocycles. The topological polar surface area (TPSA) is 38.3 Å². The van der Waals surface area contributed by atoms with Crippen molar-refractivity contribution in [2.75, 3.05) is 12.4 Å². The average molecular weight is 456 g/mol. The maximum Gasteiger partial charge on any atom is 0.189 e. The summed E-state index contributed by atoms with van der Waals surface area (Å²) in [5.74, 6) is 0.767. The van der Waals surface area contributed by atoms with Gasteiger partial charge in [0.05, 0.1) is 7.11 Å². The third kappa shape index (κ3) is 6.03. The molecule has 0 spiro atoms. The zero-order valence-corrected chi connectivity index (χ0v) is 19.3. The van der Waals surface area contributed by atoms with Crippen molar-refractivity contribution in [3.05, 3.63) is 130 Å². The van der Waals surface area contributed by atoms with Crippen LogP contribution in [0, 0.1) is 0 Å². The van der Waals surface area contributed by atoms with Crippen LogP contribution in [0.25, 0.3) is 0 Å². The van der Waals surface area contributed by atoms with E-state index < -0.39 is 6.04 Å². The summed E-state index contributed by atoms with van der Waals surface area (Å²) in [4.78, 5) is 13.5. The van der Waals surface area contributed by atoms with E-state index in [1.807, 2.05) is 66.7 Å². The van der Waals surface area contributed by atoms with E-state index >= 15 is 0 Å². The van der Waals surface area contributed by atoms with Gasteiger partial charge in [0.25, 0.3) is 0 Å². The van der Waals surface area contributed by atoms with Crippen molar-refractivity contribution in [3.8, 4) is 5.75 Å². The number of hydrogen-bond donors (Lipinski definition) is 1. The molecular formula is C29H26ClNO2. The Morgan fingerprint density at radius 1 is 0.788 bits per heavy atom. The molecule has 4 rings (SSSR count). The minimum atomic E-state index is -0.536. The van der Waals surface area contributed by atoms with Crippen LogP contribution in [0.2, 0.25) is 5.02 Å². The number of aryl methyl sites for hydroxylation is 2. The van der Waals surface area contributed by atoms with Gasteiger partial charge >= 0.3 is 0 Å². The van der Waals surface area contributed by atoms with Crippen LogP contribution in [-0.2, 0) is 12.8 Å². The molecule has 0 aliphatic carbocycles. The fraction of sp³-hybridized carbons (Fsp3) is 0.138. The highest BCUT2D eigenvalue weighted by atomic mass is 35.5. The Morgan fingerprint density at radius 3 is 2.00 bits per heavy atom. The van der Waals surface area contributed by atoms with Crippen molar-refractivity contribution in [1.82, 2.24) is 0 Å². The first-order valence-electron chi connectivity index (χ1n) is 11.0. The van der Waals surface area contributed by atoms with Gasteiger partial charge in [-0.15, -0.1) is 0 Å². The predicted octanol–water partition coefficient (Wildman–Crippen LogP) is 7.17. The van der Waals surface area contributed by atoms with Crippen molar-refractivity contribution in [3.63, 3.8) is 0 Å². The molecule has 4 heteroatoms. The molecule has 166 valence electrons. The van der Waals surface area contributed by atoms with E-state index in [-0.39, 0.29) is 5.78 Å². The number of Topliss-reactive ketones (excluding diaryl/α,β-unsaturated/α-hetero) is 1. The third-order valence-corrected chi connectivity index (χ3v) is 5.90. The van der Waals surface area contributed by atoms with Crippen LogP contribution in [0.15, 0.2) is 103 Å². The Balaban J connectivity index is 1.52. The number of hydrogen-bond acceptors (Lipinski definition) is 3. The maximum absolute atomic E-state index is 13.5. The molecule has 33 heavy (non-hydrogen) atoms. The van der Waals surface area contributed by atoms with Crippen LogP contribution < -0.4 is 10.1 Å². The smallest absolute Gasteiger partial charge is 0.189 e. The summed E-state index contributed by atoms with van der Waals surface area (Å²) in [5, 5.41) is 4.01. The molecule has 4 aromatic carbocycles. The molecule has 0 unspecified atom stereocenters. The number of ketones is 1. The highest BCUT2D eigenvalue weighted by Crippen LogP contribution is 2.26. The lowest BCUT2D eigenvalue weighted by Crippen LogP contribution is -2.21. The van der Waals surface area contributed by atoms with Crippen LogP contribution in [-0.4, -0.2) is 12.9 Å². The van der Waals surface area contributed by atoms with E-state index in [0.29, 0.717) is 10.6 Å². The van der Waals surface area contributed by atoms with Gasteiger partial charge in [-0.25, -0.2) is 0 Å². The zero-order chi connectivity index (χ0) is 23.0. The summed E-state index contributed by atoms with van der Waals surface area (Å²) in [6, 6.07) is 32.7. The van der Waals surface area contributed by atoms with E-state index in [0.717, 1.165) is 29.8 Å². The first kappa shape index (κ1) is 22.6. The highest BCUT2D eigenvalue weighted by molar-refractivity contribution is 6.30. The van der Waals surface area contributed by atoms with Crippen LogP contribution in [0.4, 0.5) is 5.69 Å². The minimum Gasteiger partial charge on any atom is -0.497 e. The summed E-state index contributed by atoms with van der Waals surface area (Å²) < 4.78 is 5.24. The van der Waals surface area contributed by atoms with E-state index in [9.17, 15) is 4.79 Å². The molecule has 0 heterocycles. The second kappa shape index (κ2) is 10.8. The molecule has 0 fully saturated rings. The first-order chi connectivity index (χ1) is 16.1. The van der Waals surface area contributed by atoms with Gasteiger partial charge in [-0.05, 0) is 65.9 Å². The van der Waals surface area contributed by atoms with Crippen LogP contribution >= 0.6 is 11.6 Å². The number of nitrogens with one attached hydrogen (secondary N) is 1. The molecule has 0 aliphatic rings. The summed E-state index contributed by atoms with van der Waals surface area (Å²) in [7, 11) is 1.63. The van der Waals surface area contributed by atoms with E-state index in [2.05, 4.69) is 29.6 Å². The summed E-state index contributed by atoms with van der Waals surface area (Å²) in [6.45, 7) is 0. The second-order valence-electron chi connectivity index (χ2n) is 7.90. The molecule has 0 aromatic heterocycles. The number of ether oxygens (including phenoxy) is 1. The summed E-state index contributed by atoms with van der Waals surface area (Å²) >= 11 is 6.08. The highest BCUT2D eigenvalue weighted by Gasteiger charge is 2.22. The normalized spacial score (nSPS) is 11.6. The second-order valence-corrected chi connectivity index (χ2v) is 8.34. The Labute approximate surface area is 200 Å². The Hall–Kier alpha value is -3.56. The lowest BCUT2D eigenvalue weighted by Gasteiger charge is -2.20. The number of methoxy groups -OCH3 is 1. The largest absolute Gasteiger partial charge is 0.497 e. The Bertz CT molecular complexity index is 1170. The van der Waals surface area contributed by atoms with E-state index in [4.69, 9.17) is 16.3 Å². The zero-order valence-electron chi connectivity index (χ0n) is 18.5. The van der Waals surface area contributed by atoms with Crippen molar-refractivity contribution >= 4 is 23.1 Å². The number of carbonyl (C=O) groups excluding carboxylic acids is 1. The molecule has 0 saturated carbocycles. The van der Waals surface area contributed by atoms with Crippen molar-refractivity contribution in [1.29, 1.82) is 0 Å². The van der Waals surface area contributed by atoms with Crippen molar-refractivity contribution < 1.29 is 9.53 Å². The lowest BCUT2D eigenvalue weighted by atomic mass is 9.95.